The van der Waals surface area contributed by atoms with Gasteiger partial charge in [0.05, 0.1) is 23.7 Å². The number of ether oxygens (including phenoxy) is 2. The third-order valence-corrected chi connectivity index (χ3v) is 4.80. The maximum absolute atomic E-state index is 13.9. The van der Waals surface area contributed by atoms with Crippen LogP contribution >= 0.6 is 15.9 Å². The zero-order valence-corrected chi connectivity index (χ0v) is 17.6. The molecule has 0 unspecified atom stereocenters. The summed E-state index contributed by atoms with van der Waals surface area (Å²) in [7, 11) is 1.62. The standard InChI is InChI=1S/C22H20BrFN2O3/c1-3-29-21(27)9-6-15-10-16-11-18(23)19(24)12-20(16)26-22(15)25-13-14-4-7-17(28-2)8-5-14/h4-12H,3,13H2,1-2H3,(H,25,26). The number of carbonyl (C=O) groups is 1. The highest BCUT2D eigenvalue weighted by Gasteiger charge is 2.09. The monoisotopic (exact) mass is 458 g/mol. The van der Waals surface area contributed by atoms with E-state index in [-0.39, 0.29) is 5.82 Å². The lowest BCUT2D eigenvalue weighted by atomic mass is 10.1. The van der Waals surface area contributed by atoms with Crippen LogP contribution in [0.15, 0.2) is 53.0 Å². The Morgan fingerprint density at radius 1 is 1.24 bits per heavy atom. The molecule has 0 bridgehead atoms. The van der Waals surface area contributed by atoms with Crippen LogP contribution in [0.4, 0.5) is 10.2 Å². The van der Waals surface area contributed by atoms with E-state index in [1.54, 1.807) is 26.2 Å². The van der Waals surface area contributed by atoms with Gasteiger partial charge in [-0.1, -0.05) is 12.1 Å². The SMILES string of the molecule is CCOC(=O)C=Cc1cc2cc(Br)c(F)cc2nc1NCc1ccc(OC)cc1. The molecule has 0 radical (unpaired) electrons. The minimum absolute atomic E-state index is 0.300. The summed E-state index contributed by atoms with van der Waals surface area (Å²) in [5.41, 5.74) is 2.23. The number of esters is 1. The summed E-state index contributed by atoms with van der Waals surface area (Å²) >= 11 is 3.19. The van der Waals surface area contributed by atoms with E-state index in [0.717, 1.165) is 16.7 Å². The fourth-order valence-electron chi connectivity index (χ4n) is 2.73. The number of carbonyl (C=O) groups excluding carboxylic acids is 1. The molecule has 2 aromatic carbocycles. The number of benzene rings is 2. The van der Waals surface area contributed by atoms with Crippen LogP contribution in [0.3, 0.4) is 0 Å². The van der Waals surface area contributed by atoms with Gasteiger partial charge >= 0.3 is 5.97 Å². The Hall–Kier alpha value is -2.93. The Morgan fingerprint density at radius 3 is 2.69 bits per heavy atom. The first-order chi connectivity index (χ1) is 14.0. The number of nitrogens with one attached hydrogen (secondary N) is 1. The highest BCUT2D eigenvalue weighted by Crippen LogP contribution is 2.27. The van der Waals surface area contributed by atoms with Gasteiger partial charge in [0.15, 0.2) is 0 Å². The number of aromatic nitrogens is 1. The third-order valence-electron chi connectivity index (χ3n) is 4.19. The molecular formula is C22H20BrFN2O3. The van der Waals surface area contributed by atoms with E-state index in [1.165, 1.54) is 12.1 Å². The number of hydrogen-bond acceptors (Lipinski definition) is 5. The molecule has 0 saturated carbocycles. The van der Waals surface area contributed by atoms with Crippen LogP contribution in [0.2, 0.25) is 0 Å². The second-order valence-corrected chi connectivity index (χ2v) is 7.03. The summed E-state index contributed by atoms with van der Waals surface area (Å²) < 4.78 is 24.4. The normalized spacial score (nSPS) is 11.0. The Morgan fingerprint density at radius 2 is 2.00 bits per heavy atom. The molecule has 7 heteroatoms. The molecule has 0 atom stereocenters. The number of anilines is 1. The van der Waals surface area contributed by atoms with E-state index in [2.05, 4.69) is 26.2 Å². The number of halogens is 2. The van der Waals surface area contributed by atoms with Crippen LogP contribution in [0.25, 0.3) is 17.0 Å². The summed E-state index contributed by atoms with van der Waals surface area (Å²) in [6, 6.07) is 12.5. The molecule has 29 heavy (non-hydrogen) atoms. The maximum Gasteiger partial charge on any atom is 0.330 e. The lowest BCUT2D eigenvalue weighted by molar-refractivity contribution is -0.137. The Balaban J connectivity index is 1.93. The lowest BCUT2D eigenvalue weighted by Crippen LogP contribution is -2.04. The molecule has 5 nitrogen and oxygen atoms in total. The first-order valence-corrected chi connectivity index (χ1v) is 9.81. The second-order valence-electron chi connectivity index (χ2n) is 6.17. The number of pyridine rings is 1. The maximum atomic E-state index is 13.9. The second kappa shape index (κ2) is 9.52. The molecule has 0 amide bonds. The van der Waals surface area contributed by atoms with Crippen molar-refractivity contribution >= 4 is 44.7 Å². The van der Waals surface area contributed by atoms with E-state index < -0.39 is 5.97 Å². The molecule has 150 valence electrons. The molecule has 0 spiro atoms. The van der Waals surface area contributed by atoms with Gasteiger partial charge in [-0.15, -0.1) is 0 Å². The number of methoxy groups -OCH3 is 1. The van der Waals surface area contributed by atoms with Gasteiger partial charge in [0, 0.05) is 29.6 Å². The summed E-state index contributed by atoms with van der Waals surface area (Å²) in [6.45, 7) is 2.55. The fourth-order valence-corrected chi connectivity index (χ4v) is 3.09. The van der Waals surface area contributed by atoms with Crippen LogP contribution in [-0.2, 0) is 16.1 Å². The van der Waals surface area contributed by atoms with Gasteiger partial charge in [-0.2, -0.15) is 0 Å². The van der Waals surface area contributed by atoms with Gasteiger partial charge in [0.1, 0.15) is 17.4 Å². The molecule has 1 aromatic heterocycles. The van der Waals surface area contributed by atoms with Gasteiger partial charge in [0.2, 0.25) is 0 Å². The van der Waals surface area contributed by atoms with Crippen molar-refractivity contribution in [3.63, 3.8) is 0 Å². The van der Waals surface area contributed by atoms with E-state index in [0.29, 0.717) is 34.5 Å². The summed E-state index contributed by atoms with van der Waals surface area (Å²) in [6.07, 6.45) is 2.99. The van der Waals surface area contributed by atoms with Gasteiger partial charge in [0.25, 0.3) is 0 Å². The molecule has 0 aliphatic carbocycles. The average molecular weight is 459 g/mol. The van der Waals surface area contributed by atoms with Crippen molar-refractivity contribution in [2.75, 3.05) is 19.0 Å². The minimum Gasteiger partial charge on any atom is -0.497 e. The van der Waals surface area contributed by atoms with Gasteiger partial charge in [-0.3, -0.25) is 0 Å². The lowest BCUT2D eigenvalue weighted by Gasteiger charge is -2.12. The first-order valence-electron chi connectivity index (χ1n) is 9.01. The van der Waals surface area contributed by atoms with Crippen molar-refractivity contribution in [1.82, 2.24) is 4.98 Å². The number of nitrogens with zero attached hydrogens (tertiary/aromatic N) is 1. The van der Waals surface area contributed by atoms with Crippen molar-refractivity contribution in [3.8, 4) is 5.75 Å². The predicted molar refractivity (Wildman–Crippen MR) is 115 cm³/mol. The van der Waals surface area contributed by atoms with E-state index in [4.69, 9.17) is 9.47 Å². The number of rotatable bonds is 7. The van der Waals surface area contributed by atoms with Crippen LogP contribution in [0, 0.1) is 5.82 Å². The molecule has 0 aliphatic rings. The van der Waals surface area contributed by atoms with Gasteiger partial charge in [-0.05, 0) is 58.8 Å². The highest BCUT2D eigenvalue weighted by molar-refractivity contribution is 9.10. The van der Waals surface area contributed by atoms with Crippen molar-refractivity contribution in [1.29, 1.82) is 0 Å². The molecular weight excluding hydrogens is 439 g/mol. The van der Waals surface area contributed by atoms with Crippen LogP contribution in [0.5, 0.6) is 5.75 Å². The summed E-state index contributed by atoms with van der Waals surface area (Å²) in [4.78, 5) is 16.3. The largest absolute Gasteiger partial charge is 0.497 e. The molecule has 0 aliphatic heterocycles. The van der Waals surface area contributed by atoms with Crippen molar-refractivity contribution < 1.29 is 18.7 Å². The smallest absolute Gasteiger partial charge is 0.330 e. The Kier molecular flexibility index (Phi) is 6.82. The molecule has 0 fully saturated rings. The van der Waals surface area contributed by atoms with Crippen LogP contribution in [0.1, 0.15) is 18.1 Å². The highest BCUT2D eigenvalue weighted by atomic mass is 79.9. The molecule has 3 aromatic rings. The van der Waals surface area contributed by atoms with Gasteiger partial charge in [-0.25, -0.2) is 14.2 Å². The molecule has 1 heterocycles. The molecule has 3 rings (SSSR count). The van der Waals surface area contributed by atoms with Gasteiger partial charge < -0.3 is 14.8 Å². The zero-order valence-electron chi connectivity index (χ0n) is 16.0. The summed E-state index contributed by atoms with van der Waals surface area (Å²) in [5, 5.41) is 4.01. The number of fused-ring (bicyclic) bond motifs is 1. The Bertz CT molecular complexity index is 1050. The quantitative estimate of drug-likeness (QED) is 0.382. The minimum atomic E-state index is -0.436. The Labute approximate surface area is 176 Å². The fraction of sp³-hybridized carbons (Fsp3) is 0.182. The van der Waals surface area contributed by atoms with Crippen LogP contribution in [-0.4, -0.2) is 24.7 Å². The summed E-state index contributed by atoms with van der Waals surface area (Å²) in [5.74, 6) is 0.488. The van der Waals surface area contributed by atoms with Crippen LogP contribution < -0.4 is 10.1 Å². The topological polar surface area (TPSA) is 60.5 Å². The predicted octanol–water partition coefficient (Wildman–Crippen LogP) is 5.33. The average Bonchev–Trinajstić information content (AvgIpc) is 2.72. The van der Waals surface area contributed by atoms with E-state index in [1.807, 2.05) is 30.3 Å². The zero-order chi connectivity index (χ0) is 20.8. The van der Waals surface area contributed by atoms with Crippen molar-refractivity contribution in [3.05, 3.63) is 70.0 Å². The first kappa shape index (κ1) is 20.8. The van der Waals surface area contributed by atoms with E-state index in [9.17, 15) is 9.18 Å². The molecule has 1 N–H and O–H groups in total. The third kappa shape index (κ3) is 5.32. The van der Waals surface area contributed by atoms with E-state index >= 15 is 0 Å². The molecule has 0 saturated heterocycles. The van der Waals surface area contributed by atoms with Crippen molar-refractivity contribution in [2.45, 2.75) is 13.5 Å². The van der Waals surface area contributed by atoms with Crippen molar-refractivity contribution in [2.24, 2.45) is 0 Å². The number of hydrogen-bond donors (Lipinski definition) is 1.